The number of halogens is 1. The Morgan fingerprint density at radius 2 is 1.97 bits per heavy atom. The molecule has 0 saturated carbocycles. The molecule has 1 N–H and O–H groups in total. The maximum absolute atomic E-state index is 12.9. The Kier molecular flexibility index (Phi) is 6.08. The van der Waals surface area contributed by atoms with Gasteiger partial charge in [-0.2, -0.15) is 5.10 Å². The van der Waals surface area contributed by atoms with E-state index in [9.17, 15) is 9.59 Å². The van der Waals surface area contributed by atoms with Crippen molar-refractivity contribution in [2.75, 3.05) is 13.7 Å². The fourth-order valence-electron chi connectivity index (χ4n) is 2.98. The summed E-state index contributed by atoms with van der Waals surface area (Å²) >= 11 is 6.30. The number of imide groups is 1. The lowest BCUT2D eigenvalue weighted by Gasteiger charge is -2.20. The SMILES string of the molecule is CCCOc1c(Cl)cc(/C=N\N2C(=O)N[C@](C)(c3ccccc3)C2=O)cc1OC. The number of carbonyl (C=O) groups is 2. The molecule has 1 heterocycles. The lowest BCUT2D eigenvalue weighted by Crippen LogP contribution is -2.40. The van der Waals surface area contributed by atoms with Crippen LogP contribution in [0.4, 0.5) is 4.79 Å². The van der Waals surface area contributed by atoms with E-state index < -0.39 is 17.5 Å². The van der Waals surface area contributed by atoms with Gasteiger partial charge in [0.25, 0.3) is 5.91 Å². The summed E-state index contributed by atoms with van der Waals surface area (Å²) < 4.78 is 11.0. The Bertz CT molecular complexity index is 948. The molecule has 1 atom stereocenters. The first-order chi connectivity index (χ1) is 13.9. The molecule has 0 spiro atoms. The minimum absolute atomic E-state index is 0.352. The van der Waals surface area contributed by atoms with Crippen molar-refractivity contribution in [3.63, 3.8) is 0 Å². The first-order valence-electron chi connectivity index (χ1n) is 9.17. The maximum Gasteiger partial charge on any atom is 0.346 e. The van der Waals surface area contributed by atoms with Gasteiger partial charge in [-0.3, -0.25) is 4.79 Å². The molecule has 0 bridgehead atoms. The summed E-state index contributed by atoms with van der Waals surface area (Å²) in [6, 6.07) is 11.7. The van der Waals surface area contributed by atoms with Gasteiger partial charge in [-0.1, -0.05) is 48.9 Å². The van der Waals surface area contributed by atoms with Gasteiger partial charge < -0.3 is 14.8 Å². The van der Waals surface area contributed by atoms with Crippen LogP contribution in [-0.4, -0.2) is 36.9 Å². The van der Waals surface area contributed by atoms with Crippen molar-refractivity contribution in [3.05, 3.63) is 58.6 Å². The van der Waals surface area contributed by atoms with Gasteiger partial charge in [0.15, 0.2) is 11.5 Å². The lowest BCUT2D eigenvalue weighted by molar-refractivity contribution is -0.131. The largest absolute Gasteiger partial charge is 0.493 e. The fourth-order valence-corrected chi connectivity index (χ4v) is 3.25. The summed E-state index contributed by atoms with van der Waals surface area (Å²) in [5.74, 6) is 0.421. The molecule has 8 heteroatoms. The van der Waals surface area contributed by atoms with E-state index in [2.05, 4.69) is 10.4 Å². The Morgan fingerprint density at radius 1 is 1.24 bits per heavy atom. The Hall–Kier alpha value is -3.06. The number of rotatable bonds is 7. The van der Waals surface area contributed by atoms with Crippen LogP contribution in [0.2, 0.25) is 5.02 Å². The van der Waals surface area contributed by atoms with Crippen LogP contribution >= 0.6 is 11.6 Å². The van der Waals surface area contributed by atoms with Crippen molar-refractivity contribution in [1.82, 2.24) is 10.3 Å². The number of ether oxygens (including phenoxy) is 2. The number of hydrazone groups is 1. The molecule has 152 valence electrons. The van der Waals surface area contributed by atoms with Gasteiger partial charge in [0.1, 0.15) is 5.54 Å². The summed E-state index contributed by atoms with van der Waals surface area (Å²) in [6.07, 6.45) is 2.21. The molecular formula is C21H22ClN3O4. The van der Waals surface area contributed by atoms with Crippen molar-refractivity contribution < 1.29 is 19.1 Å². The molecule has 3 amide bonds. The van der Waals surface area contributed by atoms with Gasteiger partial charge in [-0.15, -0.1) is 5.01 Å². The second kappa shape index (κ2) is 8.53. The van der Waals surface area contributed by atoms with Crippen molar-refractivity contribution in [2.45, 2.75) is 25.8 Å². The maximum atomic E-state index is 12.9. The first-order valence-corrected chi connectivity index (χ1v) is 9.55. The summed E-state index contributed by atoms with van der Waals surface area (Å²) in [5.41, 5.74) is 0.0610. The molecule has 0 aliphatic carbocycles. The average Bonchev–Trinajstić information content (AvgIpc) is 2.95. The Labute approximate surface area is 174 Å². The van der Waals surface area contributed by atoms with Crippen LogP contribution in [0.3, 0.4) is 0 Å². The number of benzene rings is 2. The van der Waals surface area contributed by atoms with Crippen LogP contribution in [0.5, 0.6) is 11.5 Å². The zero-order chi connectivity index (χ0) is 21.0. The third-order valence-corrected chi connectivity index (χ3v) is 4.83. The van der Waals surface area contributed by atoms with Crippen molar-refractivity contribution >= 4 is 29.8 Å². The highest BCUT2D eigenvalue weighted by atomic mass is 35.5. The minimum Gasteiger partial charge on any atom is -0.493 e. The van der Waals surface area contributed by atoms with E-state index in [0.29, 0.717) is 34.3 Å². The monoisotopic (exact) mass is 415 g/mol. The minimum atomic E-state index is -1.18. The van der Waals surface area contributed by atoms with E-state index in [1.165, 1.54) is 13.3 Å². The molecule has 1 aliphatic heterocycles. The van der Waals surface area contributed by atoms with E-state index in [0.717, 1.165) is 11.4 Å². The van der Waals surface area contributed by atoms with Gasteiger partial charge in [-0.25, -0.2) is 4.79 Å². The van der Waals surface area contributed by atoms with Gasteiger partial charge in [0.2, 0.25) is 0 Å². The number of methoxy groups -OCH3 is 1. The summed E-state index contributed by atoms with van der Waals surface area (Å²) in [6.45, 7) is 4.14. The number of carbonyl (C=O) groups excluding carboxylic acids is 2. The van der Waals surface area contributed by atoms with Crippen LogP contribution in [0, 0.1) is 0 Å². The number of nitrogens with one attached hydrogen (secondary N) is 1. The van der Waals surface area contributed by atoms with Crippen LogP contribution in [0.1, 0.15) is 31.4 Å². The Morgan fingerprint density at radius 3 is 2.62 bits per heavy atom. The van der Waals surface area contributed by atoms with Gasteiger partial charge >= 0.3 is 6.03 Å². The number of nitrogens with zero attached hydrogens (tertiary/aromatic N) is 2. The van der Waals surface area contributed by atoms with Crippen molar-refractivity contribution in [2.24, 2.45) is 5.10 Å². The number of urea groups is 1. The smallest absolute Gasteiger partial charge is 0.346 e. The average molecular weight is 416 g/mol. The van der Waals surface area contributed by atoms with E-state index in [1.54, 1.807) is 31.2 Å². The molecule has 0 aromatic heterocycles. The van der Waals surface area contributed by atoms with Crippen LogP contribution < -0.4 is 14.8 Å². The molecule has 0 unspecified atom stereocenters. The normalized spacial score (nSPS) is 19.0. The lowest BCUT2D eigenvalue weighted by atomic mass is 9.92. The quantitative estimate of drug-likeness (QED) is 0.548. The summed E-state index contributed by atoms with van der Waals surface area (Å²) in [7, 11) is 1.51. The van der Waals surface area contributed by atoms with Gasteiger partial charge in [-0.05, 0) is 36.6 Å². The summed E-state index contributed by atoms with van der Waals surface area (Å²) in [4.78, 5) is 25.2. The highest BCUT2D eigenvalue weighted by Gasteiger charge is 2.49. The second-order valence-electron chi connectivity index (χ2n) is 6.67. The third-order valence-electron chi connectivity index (χ3n) is 4.55. The van der Waals surface area contributed by atoms with E-state index in [4.69, 9.17) is 21.1 Å². The number of hydrogen-bond donors (Lipinski definition) is 1. The number of hydrogen-bond acceptors (Lipinski definition) is 5. The molecule has 3 rings (SSSR count). The van der Waals surface area contributed by atoms with Gasteiger partial charge in [0, 0.05) is 0 Å². The summed E-state index contributed by atoms with van der Waals surface area (Å²) in [5, 5.41) is 7.95. The standard InChI is InChI=1S/C21H22ClN3O4/c1-4-10-29-18-16(22)11-14(12-17(18)28-3)13-23-25-19(26)21(2,24-20(25)27)15-8-6-5-7-9-15/h5-9,11-13H,4,10H2,1-3H3,(H,24,27)/b23-13-/t21-/m1/s1. The highest BCUT2D eigenvalue weighted by molar-refractivity contribution is 6.32. The predicted octanol–water partition coefficient (Wildman–Crippen LogP) is 3.94. The van der Waals surface area contributed by atoms with E-state index in [-0.39, 0.29) is 0 Å². The molecule has 2 aromatic rings. The molecular weight excluding hydrogens is 394 g/mol. The van der Waals surface area contributed by atoms with Crippen molar-refractivity contribution in [3.8, 4) is 11.5 Å². The topological polar surface area (TPSA) is 80.2 Å². The molecule has 1 aliphatic rings. The first kappa shape index (κ1) is 20.7. The molecule has 1 saturated heterocycles. The molecule has 1 fully saturated rings. The third kappa shape index (κ3) is 4.05. The van der Waals surface area contributed by atoms with Crippen LogP contribution in [0.25, 0.3) is 0 Å². The highest BCUT2D eigenvalue weighted by Crippen LogP contribution is 2.36. The van der Waals surface area contributed by atoms with Crippen molar-refractivity contribution in [1.29, 1.82) is 0 Å². The van der Waals surface area contributed by atoms with Gasteiger partial charge in [0.05, 0.1) is 25.0 Å². The zero-order valence-corrected chi connectivity index (χ0v) is 17.2. The molecule has 7 nitrogen and oxygen atoms in total. The predicted molar refractivity (Wildman–Crippen MR) is 111 cm³/mol. The Balaban J connectivity index is 1.85. The second-order valence-corrected chi connectivity index (χ2v) is 7.07. The number of amides is 3. The van der Waals surface area contributed by atoms with E-state index >= 15 is 0 Å². The van der Waals surface area contributed by atoms with Crippen LogP contribution in [-0.2, 0) is 10.3 Å². The fraction of sp³-hybridized carbons (Fsp3) is 0.286. The molecule has 2 aromatic carbocycles. The zero-order valence-electron chi connectivity index (χ0n) is 16.4. The van der Waals surface area contributed by atoms with E-state index in [1.807, 2.05) is 25.1 Å². The molecule has 29 heavy (non-hydrogen) atoms. The molecule has 0 radical (unpaired) electrons. The van der Waals surface area contributed by atoms with Crippen LogP contribution in [0.15, 0.2) is 47.6 Å².